The third-order valence-electron chi connectivity index (χ3n) is 5.24. The Kier molecular flexibility index (Phi) is 5.84. The molecule has 0 atom stereocenters. The van der Waals surface area contributed by atoms with E-state index >= 15 is 0 Å². The third-order valence-corrected chi connectivity index (χ3v) is 5.24. The van der Waals surface area contributed by atoms with Crippen LogP contribution in [0.25, 0.3) is 0 Å². The maximum Gasteiger partial charge on any atom is -0.00491 e. The highest BCUT2D eigenvalue weighted by Crippen LogP contribution is 2.41. The van der Waals surface area contributed by atoms with Crippen LogP contribution in [0.2, 0.25) is 0 Å². The predicted octanol–water partition coefficient (Wildman–Crippen LogP) is 4.37. The van der Waals surface area contributed by atoms with Crippen LogP contribution in [0.3, 0.4) is 0 Å². The van der Waals surface area contributed by atoms with Gasteiger partial charge in [-0.2, -0.15) is 0 Å². The Balaban J connectivity index is 1.90. The Morgan fingerprint density at radius 3 is 1.71 bits per heavy atom. The fraction of sp³-hybridized carbons (Fsp3) is 1.00. The highest BCUT2D eigenvalue weighted by atomic mass is 14.8. The Labute approximate surface area is 108 Å². The van der Waals surface area contributed by atoms with E-state index in [1.807, 2.05) is 0 Å². The van der Waals surface area contributed by atoms with Gasteiger partial charge in [-0.1, -0.05) is 64.2 Å². The van der Waals surface area contributed by atoms with Gasteiger partial charge in [0, 0.05) is 0 Å². The van der Waals surface area contributed by atoms with Crippen molar-refractivity contribution in [3.63, 3.8) is 0 Å². The zero-order valence-electron chi connectivity index (χ0n) is 11.7. The molecular weight excluding hydrogens is 206 g/mol. The summed E-state index contributed by atoms with van der Waals surface area (Å²) >= 11 is 0. The minimum Gasteiger partial charge on any atom is -0.320 e. The third kappa shape index (κ3) is 3.98. The molecule has 0 heterocycles. The smallest absolute Gasteiger partial charge is 0.00491 e. The Morgan fingerprint density at radius 2 is 1.29 bits per heavy atom. The van der Waals surface area contributed by atoms with Crippen molar-refractivity contribution >= 4 is 0 Å². The molecule has 17 heavy (non-hydrogen) atoms. The molecule has 0 aliphatic heterocycles. The van der Waals surface area contributed by atoms with Gasteiger partial charge in [0.25, 0.3) is 0 Å². The monoisotopic (exact) mass is 237 g/mol. The van der Waals surface area contributed by atoms with Crippen molar-refractivity contribution in [3.05, 3.63) is 0 Å². The molecule has 2 rings (SSSR count). The van der Waals surface area contributed by atoms with Crippen LogP contribution >= 0.6 is 0 Å². The number of nitrogens with one attached hydrogen (secondary N) is 1. The molecule has 1 N–H and O–H groups in total. The molecule has 2 saturated carbocycles. The Bertz CT molecular complexity index is 172. The molecule has 0 aromatic heterocycles. The average Bonchev–Trinajstić information content (AvgIpc) is 2.42. The first-order valence-corrected chi connectivity index (χ1v) is 8.06. The Hall–Kier alpha value is -0.0400. The molecule has 100 valence electrons. The van der Waals surface area contributed by atoms with Crippen molar-refractivity contribution in [1.29, 1.82) is 0 Å². The van der Waals surface area contributed by atoms with E-state index in [1.165, 1.54) is 77.2 Å². The van der Waals surface area contributed by atoms with Gasteiger partial charge in [0.15, 0.2) is 0 Å². The van der Waals surface area contributed by atoms with E-state index < -0.39 is 0 Å². The number of hydrogen-bond acceptors (Lipinski definition) is 1. The van der Waals surface area contributed by atoms with Gasteiger partial charge in [0.1, 0.15) is 0 Å². The summed E-state index contributed by atoms with van der Waals surface area (Å²) in [5, 5.41) is 3.38. The molecule has 0 unspecified atom stereocenters. The van der Waals surface area contributed by atoms with Gasteiger partial charge in [-0.25, -0.2) is 0 Å². The van der Waals surface area contributed by atoms with E-state index in [-0.39, 0.29) is 0 Å². The van der Waals surface area contributed by atoms with Gasteiger partial charge in [-0.15, -0.1) is 0 Å². The first-order valence-electron chi connectivity index (χ1n) is 8.06. The normalized spacial score (nSPS) is 24.4. The molecule has 2 fully saturated rings. The van der Waals surface area contributed by atoms with E-state index in [0.29, 0.717) is 0 Å². The van der Waals surface area contributed by atoms with E-state index in [0.717, 1.165) is 17.8 Å². The molecule has 2 aliphatic rings. The van der Waals surface area contributed by atoms with Crippen LogP contribution in [-0.2, 0) is 0 Å². The summed E-state index contributed by atoms with van der Waals surface area (Å²) in [6.07, 6.45) is 16.6. The summed E-state index contributed by atoms with van der Waals surface area (Å²) in [4.78, 5) is 0. The van der Waals surface area contributed by atoms with Gasteiger partial charge in [-0.05, 0) is 37.8 Å². The van der Waals surface area contributed by atoms with Crippen LogP contribution in [0.5, 0.6) is 0 Å². The standard InChI is InChI=1S/C16H31N/c1-17-13-12-16(14-8-4-2-5-9-14)15-10-6-3-7-11-15/h14-17H,2-13H2,1H3. The van der Waals surface area contributed by atoms with Crippen LogP contribution in [0.15, 0.2) is 0 Å². The summed E-state index contributed by atoms with van der Waals surface area (Å²) in [5.41, 5.74) is 0. The molecule has 0 amide bonds. The van der Waals surface area contributed by atoms with E-state index in [4.69, 9.17) is 0 Å². The van der Waals surface area contributed by atoms with Crippen molar-refractivity contribution in [2.45, 2.75) is 70.6 Å². The molecule has 0 spiro atoms. The first-order chi connectivity index (χ1) is 8.42. The zero-order valence-corrected chi connectivity index (χ0v) is 11.7. The molecule has 0 radical (unpaired) electrons. The SMILES string of the molecule is CNCCC(C1CCCCC1)C1CCCCC1. The second-order valence-electron chi connectivity index (χ2n) is 6.35. The molecule has 1 nitrogen and oxygen atoms in total. The van der Waals surface area contributed by atoms with Gasteiger partial charge >= 0.3 is 0 Å². The van der Waals surface area contributed by atoms with Crippen LogP contribution in [0, 0.1) is 17.8 Å². The van der Waals surface area contributed by atoms with Crippen LogP contribution in [0.4, 0.5) is 0 Å². The van der Waals surface area contributed by atoms with Crippen LogP contribution in [0.1, 0.15) is 70.6 Å². The molecule has 0 saturated heterocycles. The zero-order chi connectivity index (χ0) is 11.9. The minimum atomic E-state index is 1.04. The van der Waals surface area contributed by atoms with Crippen molar-refractivity contribution in [1.82, 2.24) is 5.32 Å². The highest BCUT2D eigenvalue weighted by molar-refractivity contribution is 4.82. The molecule has 0 bridgehead atoms. The van der Waals surface area contributed by atoms with Gasteiger partial charge in [0.2, 0.25) is 0 Å². The van der Waals surface area contributed by atoms with Gasteiger partial charge in [-0.3, -0.25) is 0 Å². The molecule has 0 aromatic rings. The molecule has 0 aromatic carbocycles. The topological polar surface area (TPSA) is 12.0 Å². The largest absolute Gasteiger partial charge is 0.320 e. The number of rotatable bonds is 5. The summed E-state index contributed by atoms with van der Waals surface area (Å²) in [6.45, 7) is 1.23. The van der Waals surface area contributed by atoms with Gasteiger partial charge < -0.3 is 5.32 Å². The van der Waals surface area contributed by atoms with Crippen molar-refractivity contribution < 1.29 is 0 Å². The summed E-state index contributed by atoms with van der Waals surface area (Å²) < 4.78 is 0. The predicted molar refractivity (Wildman–Crippen MR) is 75.2 cm³/mol. The summed E-state index contributed by atoms with van der Waals surface area (Å²) in [7, 11) is 2.11. The lowest BCUT2D eigenvalue weighted by Crippen LogP contribution is -2.29. The fourth-order valence-corrected chi connectivity index (χ4v) is 4.29. The maximum absolute atomic E-state index is 3.38. The summed E-state index contributed by atoms with van der Waals surface area (Å²) in [5.74, 6) is 3.18. The van der Waals surface area contributed by atoms with E-state index in [1.54, 1.807) is 0 Å². The lowest BCUT2D eigenvalue weighted by molar-refractivity contribution is 0.135. The van der Waals surface area contributed by atoms with Crippen LogP contribution < -0.4 is 5.32 Å². The maximum atomic E-state index is 3.38. The molecular formula is C16H31N. The minimum absolute atomic E-state index is 1.04. The average molecular weight is 237 g/mol. The van der Waals surface area contributed by atoms with Gasteiger partial charge in [0.05, 0.1) is 0 Å². The first kappa shape index (κ1) is 13.4. The van der Waals surface area contributed by atoms with Crippen molar-refractivity contribution in [2.75, 3.05) is 13.6 Å². The lowest BCUT2D eigenvalue weighted by Gasteiger charge is -2.38. The second kappa shape index (κ2) is 7.41. The van der Waals surface area contributed by atoms with Crippen LogP contribution in [-0.4, -0.2) is 13.6 Å². The van der Waals surface area contributed by atoms with Crippen molar-refractivity contribution in [2.24, 2.45) is 17.8 Å². The lowest BCUT2D eigenvalue weighted by atomic mass is 9.68. The van der Waals surface area contributed by atoms with E-state index in [9.17, 15) is 0 Å². The fourth-order valence-electron chi connectivity index (χ4n) is 4.29. The molecule has 2 aliphatic carbocycles. The van der Waals surface area contributed by atoms with E-state index in [2.05, 4.69) is 12.4 Å². The second-order valence-corrected chi connectivity index (χ2v) is 6.35. The highest BCUT2D eigenvalue weighted by Gasteiger charge is 2.30. The summed E-state index contributed by atoms with van der Waals surface area (Å²) in [6, 6.07) is 0. The van der Waals surface area contributed by atoms with Crippen molar-refractivity contribution in [3.8, 4) is 0 Å². The molecule has 1 heteroatoms. The number of hydrogen-bond donors (Lipinski definition) is 1. The Morgan fingerprint density at radius 1 is 0.824 bits per heavy atom. The quantitative estimate of drug-likeness (QED) is 0.748.